The zero-order valence-electron chi connectivity index (χ0n) is 12.1. The predicted molar refractivity (Wildman–Crippen MR) is 78.3 cm³/mol. The highest BCUT2D eigenvalue weighted by Crippen LogP contribution is 2.46. The molecule has 0 aromatic carbocycles. The molecule has 5 heteroatoms. The third kappa shape index (κ3) is 2.44. The smallest absolute Gasteiger partial charge is 0.269 e. The van der Waals surface area contributed by atoms with Crippen LogP contribution in [-0.2, 0) is 4.79 Å². The molecule has 0 saturated carbocycles. The molecule has 0 bridgehead atoms. The summed E-state index contributed by atoms with van der Waals surface area (Å²) in [7, 11) is 1.83. The van der Waals surface area contributed by atoms with Gasteiger partial charge in [0.2, 0.25) is 5.91 Å². The van der Waals surface area contributed by atoms with Gasteiger partial charge in [0.15, 0.2) is 0 Å². The van der Waals surface area contributed by atoms with Crippen molar-refractivity contribution in [1.82, 2.24) is 15.2 Å². The van der Waals surface area contributed by atoms with E-state index < -0.39 is 0 Å². The summed E-state index contributed by atoms with van der Waals surface area (Å²) in [5, 5.41) is 2.99. The van der Waals surface area contributed by atoms with Crippen LogP contribution in [0.15, 0.2) is 36.2 Å². The predicted octanol–water partition coefficient (Wildman–Crippen LogP) is 1.73. The number of hydrogen-bond donors (Lipinski definition) is 1. The molecule has 5 nitrogen and oxygen atoms in total. The molecule has 0 radical (unpaired) electrons. The fourth-order valence-electron chi connectivity index (χ4n) is 3.33. The zero-order valence-corrected chi connectivity index (χ0v) is 12.1. The fourth-order valence-corrected chi connectivity index (χ4v) is 3.33. The molecule has 1 atom stereocenters. The Morgan fingerprint density at radius 2 is 2.29 bits per heavy atom. The Hall–Kier alpha value is -2.17. The first-order valence-corrected chi connectivity index (χ1v) is 7.29. The van der Waals surface area contributed by atoms with Gasteiger partial charge in [0.25, 0.3) is 5.91 Å². The number of hydrogen-bond acceptors (Lipinski definition) is 3. The minimum Gasteiger partial charge on any atom is -0.350 e. The van der Waals surface area contributed by atoms with E-state index in [-0.39, 0.29) is 17.2 Å². The first-order valence-electron chi connectivity index (χ1n) is 7.29. The van der Waals surface area contributed by atoms with Gasteiger partial charge in [-0.3, -0.25) is 14.6 Å². The van der Waals surface area contributed by atoms with Crippen molar-refractivity contribution < 1.29 is 9.59 Å². The summed E-state index contributed by atoms with van der Waals surface area (Å²) in [5.41, 5.74) is 1.41. The molecule has 1 aromatic heterocycles. The second-order valence-corrected chi connectivity index (χ2v) is 5.76. The molecule has 1 N–H and O–H groups in total. The van der Waals surface area contributed by atoms with Crippen molar-refractivity contribution in [3.63, 3.8) is 0 Å². The van der Waals surface area contributed by atoms with E-state index in [0.717, 1.165) is 25.0 Å². The molecule has 3 rings (SSSR count). The van der Waals surface area contributed by atoms with Gasteiger partial charge >= 0.3 is 0 Å². The molecule has 1 aliphatic heterocycles. The SMILES string of the molecule is CN1C(=O)CCC2(CNC(=O)c3ccccn3)CCC=C12. The van der Waals surface area contributed by atoms with Crippen LogP contribution < -0.4 is 5.32 Å². The number of amides is 2. The lowest BCUT2D eigenvalue weighted by Crippen LogP contribution is -2.46. The lowest BCUT2D eigenvalue weighted by molar-refractivity contribution is -0.131. The van der Waals surface area contributed by atoms with Crippen LogP contribution >= 0.6 is 0 Å². The van der Waals surface area contributed by atoms with Gasteiger partial charge < -0.3 is 10.2 Å². The second kappa shape index (κ2) is 5.31. The van der Waals surface area contributed by atoms with Crippen molar-refractivity contribution >= 4 is 11.8 Å². The summed E-state index contributed by atoms with van der Waals surface area (Å²) in [6, 6.07) is 5.29. The highest BCUT2D eigenvalue weighted by molar-refractivity contribution is 5.92. The van der Waals surface area contributed by atoms with Crippen LogP contribution in [0, 0.1) is 5.41 Å². The standard InChI is InChI=1S/C16H19N3O2/c1-19-13-6-4-8-16(13,9-7-14(19)20)11-18-15(21)12-5-2-3-10-17-12/h2-3,5-6,10H,4,7-9,11H2,1H3,(H,18,21). The van der Waals surface area contributed by atoms with Crippen LogP contribution in [0.3, 0.4) is 0 Å². The summed E-state index contributed by atoms with van der Waals surface area (Å²) in [5.74, 6) is 0.00519. The van der Waals surface area contributed by atoms with Gasteiger partial charge in [-0.15, -0.1) is 0 Å². The summed E-state index contributed by atoms with van der Waals surface area (Å²) >= 11 is 0. The molecule has 0 spiro atoms. The average Bonchev–Trinajstić information content (AvgIpc) is 2.95. The van der Waals surface area contributed by atoms with Crippen LogP contribution in [0.25, 0.3) is 0 Å². The van der Waals surface area contributed by atoms with Crippen molar-refractivity contribution in [2.45, 2.75) is 25.7 Å². The van der Waals surface area contributed by atoms with Gasteiger partial charge in [0.1, 0.15) is 5.69 Å². The van der Waals surface area contributed by atoms with Crippen LogP contribution in [0.4, 0.5) is 0 Å². The lowest BCUT2D eigenvalue weighted by Gasteiger charge is -2.41. The van der Waals surface area contributed by atoms with E-state index in [1.54, 1.807) is 29.3 Å². The Balaban J connectivity index is 1.71. The largest absolute Gasteiger partial charge is 0.350 e. The highest BCUT2D eigenvalue weighted by Gasteiger charge is 2.44. The molecule has 2 amide bonds. The maximum absolute atomic E-state index is 12.1. The zero-order chi connectivity index (χ0) is 14.9. The van der Waals surface area contributed by atoms with Crippen molar-refractivity contribution in [2.75, 3.05) is 13.6 Å². The maximum Gasteiger partial charge on any atom is 0.269 e. The summed E-state index contributed by atoms with van der Waals surface area (Å²) in [4.78, 5) is 29.8. The molecule has 1 saturated heterocycles. The van der Waals surface area contributed by atoms with Crippen LogP contribution in [0.2, 0.25) is 0 Å². The Kier molecular flexibility index (Phi) is 3.49. The van der Waals surface area contributed by atoms with E-state index in [9.17, 15) is 9.59 Å². The van der Waals surface area contributed by atoms with E-state index in [2.05, 4.69) is 16.4 Å². The quantitative estimate of drug-likeness (QED) is 0.920. The lowest BCUT2D eigenvalue weighted by atomic mass is 9.77. The third-order valence-electron chi connectivity index (χ3n) is 4.54. The van der Waals surface area contributed by atoms with Crippen molar-refractivity contribution in [3.05, 3.63) is 41.9 Å². The molecule has 1 aliphatic carbocycles. The van der Waals surface area contributed by atoms with Gasteiger partial charge in [0, 0.05) is 37.3 Å². The van der Waals surface area contributed by atoms with E-state index in [0.29, 0.717) is 18.7 Å². The van der Waals surface area contributed by atoms with Gasteiger partial charge in [-0.05, 0) is 31.4 Å². The van der Waals surface area contributed by atoms with Gasteiger partial charge in [-0.25, -0.2) is 0 Å². The van der Waals surface area contributed by atoms with Crippen LogP contribution in [0.1, 0.15) is 36.2 Å². The molecule has 1 unspecified atom stereocenters. The number of aromatic nitrogens is 1. The van der Waals surface area contributed by atoms with E-state index >= 15 is 0 Å². The van der Waals surface area contributed by atoms with Crippen LogP contribution in [0.5, 0.6) is 0 Å². The number of nitrogens with one attached hydrogen (secondary N) is 1. The number of piperidine rings is 1. The number of rotatable bonds is 3. The number of carbonyl (C=O) groups excluding carboxylic acids is 2. The second-order valence-electron chi connectivity index (χ2n) is 5.76. The highest BCUT2D eigenvalue weighted by atomic mass is 16.2. The van der Waals surface area contributed by atoms with Gasteiger partial charge in [-0.1, -0.05) is 12.1 Å². The topological polar surface area (TPSA) is 62.3 Å². The first kappa shape index (κ1) is 13.8. The summed E-state index contributed by atoms with van der Waals surface area (Å²) < 4.78 is 0. The molecule has 1 aromatic rings. The number of likely N-dealkylation sites (tertiary alicyclic amines) is 1. The van der Waals surface area contributed by atoms with E-state index in [1.165, 1.54) is 0 Å². The number of carbonyl (C=O) groups is 2. The fraction of sp³-hybridized carbons (Fsp3) is 0.438. The van der Waals surface area contributed by atoms with Gasteiger partial charge in [-0.2, -0.15) is 0 Å². The number of pyridine rings is 1. The number of nitrogens with zero attached hydrogens (tertiary/aromatic N) is 2. The molecular formula is C16H19N3O2. The molecule has 2 heterocycles. The van der Waals surface area contributed by atoms with E-state index in [1.807, 2.05) is 7.05 Å². The van der Waals surface area contributed by atoms with Crippen molar-refractivity contribution in [1.29, 1.82) is 0 Å². The summed E-state index contributed by atoms with van der Waals surface area (Å²) in [6.07, 6.45) is 7.05. The maximum atomic E-state index is 12.1. The Labute approximate surface area is 124 Å². The Morgan fingerprint density at radius 3 is 3.05 bits per heavy atom. The molecule has 1 fully saturated rings. The summed E-state index contributed by atoms with van der Waals surface area (Å²) in [6.45, 7) is 0.561. The van der Waals surface area contributed by atoms with Crippen LogP contribution in [-0.4, -0.2) is 35.3 Å². The Morgan fingerprint density at radius 1 is 1.43 bits per heavy atom. The molecule has 110 valence electrons. The molecule has 21 heavy (non-hydrogen) atoms. The number of fused-ring (bicyclic) bond motifs is 1. The third-order valence-corrected chi connectivity index (χ3v) is 4.54. The van der Waals surface area contributed by atoms with E-state index in [4.69, 9.17) is 0 Å². The van der Waals surface area contributed by atoms with Gasteiger partial charge in [0.05, 0.1) is 0 Å². The van der Waals surface area contributed by atoms with Crippen molar-refractivity contribution in [2.24, 2.45) is 5.41 Å². The molecular weight excluding hydrogens is 266 g/mol. The molecule has 2 aliphatic rings. The van der Waals surface area contributed by atoms with Crippen molar-refractivity contribution in [3.8, 4) is 0 Å². The number of allylic oxidation sites excluding steroid dienone is 1. The minimum atomic E-state index is -0.157. The normalized spacial score (nSPS) is 24.5. The first-order chi connectivity index (χ1) is 10.1. The monoisotopic (exact) mass is 285 g/mol. The Bertz CT molecular complexity index is 597. The minimum absolute atomic E-state index is 0.0902. The average molecular weight is 285 g/mol.